The number of aliphatic hydroxyl groups is 1. The molecule has 158 valence electrons. The van der Waals surface area contributed by atoms with Crippen LogP contribution in [0.1, 0.15) is 42.5 Å². The second-order valence-corrected chi connectivity index (χ2v) is 7.27. The van der Waals surface area contributed by atoms with Gasteiger partial charge in [0, 0.05) is 12.1 Å². The summed E-state index contributed by atoms with van der Waals surface area (Å²) in [6.07, 6.45) is 1.66. The van der Waals surface area contributed by atoms with Crippen molar-refractivity contribution in [1.82, 2.24) is 4.90 Å². The van der Waals surface area contributed by atoms with E-state index >= 15 is 0 Å². The number of unbranched alkanes of at least 4 members (excludes halogenated alkanes) is 1. The van der Waals surface area contributed by atoms with Gasteiger partial charge in [0.15, 0.2) is 11.5 Å². The molecule has 1 amide bonds. The summed E-state index contributed by atoms with van der Waals surface area (Å²) in [5.41, 5.74) is 2.26. The lowest BCUT2D eigenvalue weighted by atomic mass is 9.92. The van der Waals surface area contributed by atoms with Gasteiger partial charge in [0.05, 0.1) is 25.8 Å². The minimum absolute atomic E-state index is 0.0950. The van der Waals surface area contributed by atoms with Gasteiger partial charge in [-0.25, -0.2) is 0 Å². The average molecular weight is 409 g/mol. The Kier molecular flexibility index (Phi) is 6.45. The first kappa shape index (κ1) is 21.4. The molecule has 2 aromatic carbocycles. The lowest BCUT2D eigenvalue weighted by Crippen LogP contribution is -2.30. The summed E-state index contributed by atoms with van der Waals surface area (Å²) in [7, 11) is 3.02. The van der Waals surface area contributed by atoms with Gasteiger partial charge in [-0.1, -0.05) is 37.6 Å². The number of amides is 1. The highest BCUT2D eigenvalue weighted by atomic mass is 16.5. The van der Waals surface area contributed by atoms with E-state index in [2.05, 4.69) is 0 Å². The molecule has 0 aromatic heterocycles. The van der Waals surface area contributed by atoms with Crippen molar-refractivity contribution in [2.45, 2.75) is 32.7 Å². The molecule has 1 saturated heterocycles. The van der Waals surface area contributed by atoms with Crippen molar-refractivity contribution in [2.75, 3.05) is 20.8 Å². The van der Waals surface area contributed by atoms with Crippen molar-refractivity contribution in [3.63, 3.8) is 0 Å². The Morgan fingerprint density at radius 3 is 2.40 bits per heavy atom. The van der Waals surface area contributed by atoms with Gasteiger partial charge in [-0.15, -0.1) is 0 Å². The van der Waals surface area contributed by atoms with Crippen LogP contribution in [0.25, 0.3) is 5.76 Å². The predicted molar refractivity (Wildman–Crippen MR) is 115 cm³/mol. The second kappa shape index (κ2) is 9.03. The summed E-state index contributed by atoms with van der Waals surface area (Å²) in [6, 6.07) is 11.9. The number of ketones is 1. The van der Waals surface area contributed by atoms with E-state index in [1.807, 2.05) is 38.1 Å². The van der Waals surface area contributed by atoms with E-state index in [-0.39, 0.29) is 11.3 Å². The van der Waals surface area contributed by atoms with Crippen LogP contribution in [0.3, 0.4) is 0 Å². The molecule has 1 atom stereocenters. The number of carbonyl (C=O) groups excluding carboxylic acids is 2. The van der Waals surface area contributed by atoms with Gasteiger partial charge >= 0.3 is 0 Å². The van der Waals surface area contributed by atoms with Crippen molar-refractivity contribution < 1.29 is 24.2 Å². The molecule has 0 bridgehead atoms. The quantitative estimate of drug-likeness (QED) is 0.421. The first-order valence-corrected chi connectivity index (χ1v) is 10.0. The standard InChI is InChI=1S/C24H27NO5/c1-5-6-13-25-21(17-10-8-7-9-15(17)2)20(23(27)24(25)28)22(26)16-11-12-18(29-3)19(14-16)30-4/h7-12,14,21,26H,5-6,13H2,1-4H3/b22-20+. The largest absolute Gasteiger partial charge is 0.507 e. The smallest absolute Gasteiger partial charge is 0.295 e. The van der Waals surface area contributed by atoms with E-state index in [0.717, 1.165) is 24.0 Å². The molecular formula is C24H27NO5. The molecule has 1 unspecified atom stereocenters. The zero-order valence-electron chi connectivity index (χ0n) is 17.8. The summed E-state index contributed by atoms with van der Waals surface area (Å²) in [6.45, 7) is 4.41. The van der Waals surface area contributed by atoms with Crippen molar-refractivity contribution in [3.05, 3.63) is 64.7 Å². The van der Waals surface area contributed by atoms with Gasteiger partial charge in [-0.05, 0) is 42.7 Å². The van der Waals surface area contributed by atoms with E-state index in [1.165, 1.54) is 14.2 Å². The Hall–Kier alpha value is -3.28. The van der Waals surface area contributed by atoms with Gasteiger partial charge < -0.3 is 19.5 Å². The summed E-state index contributed by atoms with van der Waals surface area (Å²) in [5.74, 6) is -0.547. The van der Waals surface area contributed by atoms with Crippen LogP contribution in [-0.4, -0.2) is 42.5 Å². The number of nitrogens with zero attached hydrogens (tertiary/aromatic N) is 1. The Morgan fingerprint density at radius 2 is 1.77 bits per heavy atom. The van der Waals surface area contributed by atoms with E-state index < -0.39 is 17.7 Å². The van der Waals surface area contributed by atoms with Crippen LogP contribution in [-0.2, 0) is 9.59 Å². The fraction of sp³-hybridized carbons (Fsp3) is 0.333. The summed E-state index contributed by atoms with van der Waals surface area (Å²) >= 11 is 0. The zero-order valence-corrected chi connectivity index (χ0v) is 17.8. The van der Waals surface area contributed by atoms with Gasteiger partial charge in [-0.3, -0.25) is 9.59 Å². The zero-order chi connectivity index (χ0) is 21.8. The van der Waals surface area contributed by atoms with Gasteiger partial charge in [-0.2, -0.15) is 0 Å². The third-order valence-corrected chi connectivity index (χ3v) is 5.43. The molecule has 6 heteroatoms. The Morgan fingerprint density at radius 1 is 1.07 bits per heavy atom. The summed E-state index contributed by atoms with van der Waals surface area (Å²) in [5, 5.41) is 11.1. The average Bonchev–Trinajstić information content (AvgIpc) is 3.01. The van der Waals surface area contributed by atoms with Crippen LogP contribution in [0.5, 0.6) is 11.5 Å². The van der Waals surface area contributed by atoms with Crippen molar-refractivity contribution in [2.24, 2.45) is 0 Å². The fourth-order valence-corrected chi connectivity index (χ4v) is 3.80. The van der Waals surface area contributed by atoms with Crippen molar-refractivity contribution in [1.29, 1.82) is 0 Å². The van der Waals surface area contributed by atoms with Crippen LogP contribution in [0.4, 0.5) is 0 Å². The number of rotatable bonds is 7. The molecule has 6 nitrogen and oxygen atoms in total. The minimum Gasteiger partial charge on any atom is -0.507 e. The number of hydrogen-bond donors (Lipinski definition) is 1. The third kappa shape index (κ3) is 3.77. The maximum Gasteiger partial charge on any atom is 0.295 e. The summed E-state index contributed by atoms with van der Waals surface area (Å²) < 4.78 is 10.6. The number of benzene rings is 2. The molecule has 0 aliphatic carbocycles. The number of carbonyl (C=O) groups is 2. The lowest BCUT2D eigenvalue weighted by Gasteiger charge is -2.26. The summed E-state index contributed by atoms with van der Waals surface area (Å²) in [4.78, 5) is 27.4. The maximum absolute atomic E-state index is 13.0. The molecule has 1 aliphatic rings. The van der Waals surface area contributed by atoms with E-state index in [4.69, 9.17) is 9.47 Å². The number of ether oxygens (including phenoxy) is 2. The fourth-order valence-electron chi connectivity index (χ4n) is 3.80. The molecular weight excluding hydrogens is 382 g/mol. The number of methoxy groups -OCH3 is 2. The van der Waals surface area contributed by atoms with Crippen LogP contribution < -0.4 is 9.47 Å². The Balaban J connectivity index is 2.20. The molecule has 0 saturated carbocycles. The normalized spacial score (nSPS) is 18.0. The van der Waals surface area contributed by atoms with Gasteiger partial charge in [0.2, 0.25) is 0 Å². The Labute approximate surface area is 176 Å². The van der Waals surface area contributed by atoms with Gasteiger partial charge in [0.25, 0.3) is 11.7 Å². The number of aryl methyl sites for hydroxylation is 1. The second-order valence-electron chi connectivity index (χ2n) is 7.27. The van der Waals surface area contributed by atoms with Crippen LogP contribution in [0, 0.1) is 6.92 Å². The molecule has 30 heavy (non-hydrogen) atoms. The molecule has 0 radical (unpaired) electrons. The van der Waals surface area contributed by atoms with E-state index in [1.54, 1.807) is 23.1 Å². The maximum atomic E-state index is 13.0. The number of likely N-dealkylation sites (tertiary alicyclic amines) is 1. The predicted octanol–water partition coefficient (Wildman–Crippen LogP) is 4.23. The highest BCUT2D eigenvalue weighted by molar-refractivity contribution is 6.46. The first-order chi connectivity index (χ1) is 14.4. The van der Waals surface area contributed by atoms with Crippen LogP contribution in [0.2, 0.25) is 0 Å². The first-order valence-electron chi connectivity index (χ1n) is 10.0. The Bertz CT molecular complexity index is 995. The SMILES string of the molecule is CCCCN1C(=O)C(=O)/C(=C(/O)c2ccc(OC)c(OC)c2)C1c1ccccc1C. The highest BCUT2D eigenvalue weighted by Gasteiger charge is 2.46. The van der Waals surface area contributed by atoms with E-state index in [9.17, 15) is 14.7 Å². The van der Waals surface area contributed by atoms with Crippen LogP contribution in [0.15, 0.2) is 48.0 Å². The molecule has 3 rings (SSSR count). The number of Topliss-reactive ketones (excluding diaryl/α,β-unsaturated/α-hetero) is 1. The highest BCUT2D eigenvalue weighted by Crippen LogP contribution is 2.41. The molecule has 1 heterocycles. The molecule has 0 spiro atoms. The lowest BCUT2D eigenvalue weighted by molar-refractivity contribution is -0.139. The topological polar surface area (TPSA) is 76.1 Å². The van der Waals surface area contributed by atoms with E-state index in [0.29, 0.717) is 23.6 Å². The molecule has 1 N–H and O–H groups in total. The van der Waals surface area contributed by atoms with Crippen molar-refractivity contribution >= 4 is 17.4 Å². The molecule has 2 aromatic rings. The molecule has 1 aliphatic heterocycles. The number of aliphatic hydroxyl groups excluding tert-OH is 1. The minimum atomic E-state index is -0.674. The van der Waals surface area contributed by atoms with Crippen LogP contribution >= 0.6 is 0 Å². The third-order valence-electron chi connectivity index (χ3n) is 5.43. The number of hydrogen-bond acceptors (Lipinski definition) is 5. The molecule has 1 fully saturated rings. The van der Waals surface area contributed by atoms with Gasteiger partial charge in [0.1, 0.15) is 5.76 Å². The monoisotopic (exact) mass is 409 g/mol. The van der Waals surface area contributed by atoms with Crippen molar-refractivity contribution in [3.8, 4) is 11.5 Å².